The summed E-state index contributed by atoms with van der Waals surface area (Å²) in [7, 11) is 3.93. The van der Waals surface area contributed by atoms with Gasteiger partial charge in [0.1, 0.15) is 12.2 Å². The number of anilines is 1. The Morgan fingerprint density at radius 1 is 1.21 bits per heavy atom. The zero-order chi connectivity index (χ0) is 20.1. The highest BCUT2D eigenvalue weighted by atomic mass is 19.1. The quantitative estimate of drug-likeness (QED) is 0.734. The normalized spacial score (nSPS) is 31.5. The predicted octanol–water partition coefficient (Wildman–Crippen LogP) is 1.68. The van der Waals surface area contributed by atoms with Crippen LogP contribution in [0.25, 0.3) is 0 Å². The molecule has 0 spiro atoms. The van der Waals surface area contributed by atoms with Crippen molar-refractivity contribution in [1.82, 2.24) is 25.5 Å². The molecule has 0 bridgehead atoms. The average molecular weight is 398 g/mol. The number of carbonyl (C=O) groups is 1. The highest BCUT2D eigenvalue weighted by Gasteiger charge is 2.47. The summed E-state index contributed by atoms with van der Waals surface area (Å²) in [5.41, 5.74) is 10.6. The lowest BCUT2D eigenvalue weighted by Crippen LogP contribution is -2.43. The van der Waals surface area contributed by atoms with E-state index in [-0.39, 0.29) is 29.8 Å². The van der Waals surface area contributed by atoms with Crippen LogP contribution in [0.15, 0.2) is 30.6 Å². The third-order valence-electron chi connectivity index (χ3n) is 6.60. The fourth-order valence-corrected chi connectivity index (χ4v) is 5.12. The maximum Gasteiger partial charge on any atom is 0.243 e. The van der Waals surface area contributed by atoms with E-state index in [4.69, 9.17) is 0 Å². The topological polar surface area (TPSA) is 74.2 Å². The van der Waals surface area contributed by atoms with Gasteiger partial charge in [-0.25, -0.2) is 9.82 Å². The number of fused-ring (bicyclic) bond motifs is 2. The van der Waals surface area contributed by atoms with Crippen molar-refractivity contribution in [3.05, 3.63) is 47.3 Å². The van der Waals surface area contributed by atoms with E-state index in [1.54, 1.807) is 10.9 Å². The molecule has 5 rings (SSSR count). The van der Waals surface area contributed by atoms with Crippen molar-refractivity contribution >= 4 is 11.6 Å². The van der Waals surface area contributed by atoms with Gasteiger partial charge < -0.3 is 5.32 Å². The van der Waals surface area contributed by atoms with Crippen LogP contribution >= 0.6 is 0 Å². The van der Waals surface area contributed by atoms with Crippen LogP contribution in [0.5, 0.6) is 0 Å². The van der Waals surface area contributed by atoms with Gasteiger partial charge in [0, 0.05) is 49.9 Å². The predicted molar refractivity (Wildman–Crippen MR) is 108 cm³/mol. The van der Waals surface area contributed by atoms with Crippen LogP contribution < -0.4 is 16.2 Å². The van der Waals surface area contributed by atoms with Gasteiger partial charge in [0.2, 0.25) is 5.91 Å². The number of hydrogen-bond acceptors (Lipinski definition) is 5. The number of nitrogens with one attached hydrogen (secondary N) is 3. The molecule has 7 nitrogen and oxygen atoms in total. The summed E-state index contributed by atoms with van der Waals surface area (Å²) in [6, 6.07) is 5.69. The number of amides is 1. The van der Waals surface area contributed by atoms with E-state index in [2.05, 4.69) is 45.3 Å². The second-order valence-corrected chi connectivity index (χ2v) is 8.72. The Bertz CT molecular complexity index is 930. The van der Waals surface area contributed by atoms with Crippen LogP contribution in [-0.4, -0.2) is 45.9 Å². The molecule has 5 atom stereocenters. The molecule has 1 aliphatic carbocycles. The van der Waals surface area contributed by atoms with Crippen molar-refractivity contribution in [1.29, 1.82) is 0 Å². The second kappa shape index (κ2) is 7.19. The molecule has 5 unspecified atom stereocenters. The number of carbonyl (C=O) groups excluding carboxylic acids is 1. The summed E-state index contributed by atoms with van der Waals surface area (Å²) in [5.74, 6) is -0.260. The summed E-state index contributed by atoms with van der Waals surface area (Å²) in [6.07, 6.45) is 3.69. The molecule has 1 amide bonds. The van der Waals surface area contributed by atoms with Gasteiger partial charge in [0.15, 0.2) is 0 Å². The second-order valence-electron chi connectivity index (χ2n) is 8.72. The van der Waals surface area contributed by atoms with Crippen LogP contribution in [0.2, 0.25) is 0 Å². The fourth-order valence-electron chi connectivity index (χ4n) is 5.12. The standard InChI is InChI=1S/C21H27FN6O/c1-27-9-12-3-4-15(5-13(12)10-27)24-21(29)20-17-6-16(14-8-23-28(2)11-14)18(22)7-19(17)25-26-20/h3-5,8,11,16-20,25-26H,6-7,9-10H2,1-2H3,(H,24,29). The summed E-state index contributed by atoms with van der Waals surface area (Å²) in [6.45, 7) is 1.85. The number of alkyl halides is 1. The van der Waals surface area contributed by atoms with Crippen molar-refractivity contribution in [3.8, 4) is 0 Å². The Labute approximate surface area is 169 Å². The van der Waals surface area contributed by atoms with Gasteiger partial charge in [-0.3, -0.25) is 19.8 Å². The molecule has 1 saturated heterocycles. The van der Waals surface area contributed by atoms with Crippen LogP contribution in [0, 0.1) is 5.92 Å². The van der Waals surface area contributed by atoms with Crippen molar-refractivity contribution in [2.75, 3.05) is 12.4 Å². The van der Waals surface area contributed by atoms with Crippen molar-refractivity contribution in [2.24, 2.45) is 13.0 Å². The molecule has 8 heteroatoms. The maximum absolute atomic E-state index is 14.8. The van der Waals surface area contributed by atoms with E-state index < -0.39 is 6.17 Å². The molecule has 2 aliphatic heterocycles. The minimum absolute atomic E-state index is 0.0350. The third-order valence-corrected chi connectivity index (χ3v) is 6.60. The highest BCUT2D eigenvalue weighted by Crippen LogP contribution is 2.41. The Balaban J connectivity index is 1.30. The largest absolute Gasteiger partial charge is 0.325 e. The molecule has 3 aliphatic rings. The minimum Gasteiger partial charge on any atom is -0.325 e. The van der Waals surface area contributed by atoms with Crippen molar-refractivity contribution in [3.63, 3.8) is 0 Å². The van der Waals surface area contributed by atoms with Crippen LogP contribution in [0.1, 0.15) is 35.4 Å². The fraction of sp³-hybridized carbons (Fsp3) is 0.524. The van der Waals surface area contributed by atoms with Crippen molar-refractivity contribution in [2.45, 2.75) is 50.1 Å². The third kappa shape index (κ3) is 3.45. The minimum atomic E-state index is -0.940. The van der Waals surface area contributed by atoms with Gasteiger partial charge in [-0.1, -0.05) is 6.07 Å². The lowest BCUT2D eigenvalue weighted by molar-refractivity contribution is -0.119. The number of hydrazine groups is 1. The Kier molecular flexibility index (Phi) is 4.64. The van der Waals surface area contributed by atoms with E-state index in [0.717, 1.165) is 24.3 Å². The van der Waals surface area contributed by atoms with Crippen LogP contribution in [-0.2, 0) is 24.9 Å². The van der Waals surface area contributed by atoms with Gasteiger partial charge in [-0.05, 0) is 48.7 Å². The summed E-state index contributed by atoms with van der Waals surface area (Å²) >= 11 is 0. The zero-order valence-electron chi connectivity index (χ0n) is 16.7. The zero-order valence-corrected chi connectivity index (χ0v) is 16.7. The molecular weight excluding hydrogens is 371 g/mol. The molecule has 0 radical (unpaired) electrons. The molecule has 1 aromatic carbocycles. The van der Waals surface area contributed by atoms with E-state index in [9.17, 15) is 9.18 Å². The van der Waals surface area contributed by atoms with E-state index in [0.29, 0.717) is 12.8 Å². The first-order valence-corrected chi connectivity index (χ1v) is 10.2. The number of aromatic nitrogens is 2. The molecule has 29 heavy (non-hydrogen) atoms. The van der Waals surface area contributed by atoms with Gasteiger partial charge >= 0.3 is 0 Å². The summed E-state index contributed by atoms with van der Waals surface area (Å²) in [5, 5.41) is 7.25. The van der Waals surface area contributed by atoms with Gasteiger partial charge in [0.25, 0.3) is 0 Å². The molecular formula is C21H27FN6O. The Morgan fingerprint density at radius 2 is 2.03 bits per heavy atom. The highest BCUT2D eigenvalue weighted by molar-refractivity contribution is 5.95. The Morgan fingerprint density at radius 3 is 2.83 bits per heavy atom. The van der Waals surface area contributed by atoms with Crippen LogP contribution in [0.4, 0.5) is 10.1 Å². The van der Waals surface area contributed by atoms with E-state index in [1.807, 2.05) is 19.3 Å². The molecule has 2 aromatic rings. The molecule has 1 aromatic heterocycles. The van der Waals surface area contributed by atoms with Crippen molar-refractivity contribution < 1.29 is 9.18 Å². The summed E-state index contributed by atoms with van der Waals surface area (Å²) < 4.78 is 16.5. The van der Waals surface area contributed by atoms with Crippen LogP contribution in [0.3, 0.4) is 0 Å². The monoisotopic (exact) mass is 398 g/mol. The molecule has 3 N–H and O–H groups in total. The number of benzene rings is 1. The number of rotatable bonds is 3. The maximum atomic E-state index is 14.8. The van der Waals surface area contributed by atoms with E-state index in [1.165, 1.54) is 11.1 Å². The first-order chi connectivity index (χ1) is 14.0. The number of halogens is 1. The number of hydrogen-bond donors (Lipinski definition) is 3. The lowest BCUT2D eigenvalue weighted by atomic mass is 9.73. The lowest BCUT2D eigenvalue weighted by Gasteiger charge is -2.34. The summed E-state index contributed by atoms with van der Waals surface area (Å²) in [4.78, 5) is 15.3. The smallest absolute Gasteiger partial charge is 0.243 e. The van der Waals surface area contributed by atoms with Gasteiger partial charge in [0.05, 0.1) is 6.20 Å². The van der Waals surface area contributed by atoms with Gasteiger partial charge in [-0.2, -0.15) is 5.10 Å². The van der Waals surface area contributed by atoms with E-state index >= 15 is 0 Å². The average Bonchev–Trinajstić information content (AvgIpc) is 3.37. The SMILES string of the molecule is CN1Cc2ccc(NC(=O)C3NNC4CC(F)C(c5cnn(C)c5)CC43)cc2C1. The first-order valence-electron chi connectivity index (χ1n) is 10.2. The molecule has 1 saturated carbocycles. The number of nitrogens with zero attached hydrogens (tertiary/aromatic N) is 3. The molecule has 2 fully saturated rings. The van der Waals surface area contributed by atoms with Gasteiger partial charge in [-0.15, -0.1) is 0 Å². The number of aryl methyl sites for hydroxylation is 1. The molecule has 3 heterocycles. The first kappa shape index (κ1) is 18.7. The Hall–Kier alpha value is -2.29. The molecule has 154 valence electrons.